The predicted molar refractivity (Wildman–Crippen MR) is 162 cm³/mol. The fourth-order valence-electron chi connectivity index (χ4n) is 3.62. The van der Waals surface area contributed by atoms with Crippen molar-refractivity contribution in [2.75, 3.05) is 29.3 Å². The van der Waals surface area contributed by atoms with E-state index in [1.165, 1.54) is 25.5 Å². The second-order valence-electron chi connectivity index (χ2n) is 10.2. The Morgan fingerprint density at radius 1 is 0.860 bits per heavy atom. The van der Waals surface area contributed by atoms with Gasteiger partial charge in [-0.3, -0.25) is 15.1 Å². The van der Waals surface area contributed by atoms with Gasteiger partial charge in [-0.05, 0) is 69.3 Å². The summed E-state index contributed by atoms with van der Waals surface area (Å²) >= 11 is 0. The van der Waals surface area contributed by atoms with Gasteiger partial charge in [-0.2, -0.15) is 4.98 Å². The van der Waals surface area contributed by atoms with Crippen LogP contribution in [0.25, 0.3) is 0 Å². The molecule has 0 saturated carbocycles. The standard InChI is InChI=1S/C29H31N7O6S/c1-29(2,3)42-28(38)35-20-8-6-7-19(15-20)33-25-24(43(5,39)40)17-32-27(36-25)34-18-9-11-21(12-10-18)41-22-13-14-31-23(16-22)26(37)30-4/h6-17H,1-5H3,(H,30,37)(H,35,38)(H2,32,33,34,36). The molecule has 0 unspecified atom stereocenters. The normalized spacial score (nSPS) is 11.3. The van der Waals surface area contributed by atoms with E-state index in [1.807, 2.05) is 0 Å². The SMILES string of the molecule is CNC(=O)c1cc(Oc2ccc(Nc3ncc(S(C)(=O)=O)c(Nc4cccc(NC(=O)OC(C)(C)C)c4)n3)cc2)ccn1. The molecule has 2 aromatic carbocycles. The molecule has 2 amide bonds. The number of sulfone groups is 1. The van der Waals surface area contributed by atoms with E-state index in [0.29, 0.717) is 28.6 Å². The lowest BCUT2D eigenvalue weighted by molar-refractivity contribution is 0.0635. The first kappa shape index (κ1) is 30.7. The molecule has 0 aliphatic carbocycles. The Morgan fingerprint density at radius 3 is 2.26 bits per heavy atom. The van der Waals surface area contributed by atoms with Crippen molar-refractivity contribution in [3.8, 4) is 11.5 Å². The van der Waals surface area contributed by atoms with E-state index in [1.54, 1.807) is 75.4 Å². The number of anilines is 5. The zero-order valence-corrected chi connectivity index (χ0v) is 24.9. The summed E-state index contributed by atoms with van der Waals surface area (Å²) in [5.74, 6) is 0.797. The molecule has 4 aromatic rings. The zero-order chi connectivity index (χ0) is 31.2. The number of carbonyl (C=O) groups is 2. The highest BCUT2D eigenvalue weighted by molar-refractivity contribution is 7.90. The summed E-state index contributed by atoms with van der Waals surface area (Å²) < 4.78 is 36.0. The van der Waals surface area contributed by atoms with Crippen LogP contribution in [0.4, 0.5) is 33.6 Å². The van der Waals surface area contributed by atoms with Gasteiger partial charge in [-0.15, -0.1) is 0 Å². The number of hydrogen-bond donors (Lipinski definition) is 4. The number of carbonyl (C=O) groups excluding carboxylic acids is 2. The summed E-state index contributed by atoms with van der Waals surface area (Å²) in [6.45, 7) is 5.27. The molecule has 4 N–H and O–H groups in total. The van der Waals surface area contributed by atoms with Crippen molar-refractivity contribution in [3.63, 3.8) is 0 Å². The molecule has 0 aliphatic heterocycles. The Hall–Kier alpha value is -5.24. The average Bonchev–Trinajstić information content (AvgIpc) is 2.92. The van der Waals surface area contributed by atoms with E-state index in [2.05, 4.69) is 36.2 Å². The van der Waals surface area contributed by atoms with Crippen molar-refractivity contribution in [2.24, 2.45) is 0 Å². The van der Waals surface area contributed by atoms with Crippen molar-refractivity contribution in [3.05, 3.63) is 78.8 Å². The molecule has 0 bridgehead atoms. The Balaban J connectivity index is 1.50. The minimum atomic E-state index is -3.69. The summed E-state index contributed by atoms with van der Waals surface area (Å²) in [6, 6.07) is 16.7. The molecule has 224 valence electrons. The largest absolute Gasteiger partial charge is 0.457 e. The number of ether oxygens (including phenoxy) is 2. The quantitative estimate of drug-likeness (QED) is 0.196. The third-order valence-electron chi connectivity index (χ3n) is 5.46. The molecule has 0 saturated heterocycles. The molecule has 4 rings (SSSR count). The van der Waals surface area contributed by atoms with E-state index in [-0.39, 0.29) is 28.3 Å². The van der Waals surface area contributed by atoms with Gasteiger partial charge >= 0.3 is 6.09 Å². The van der Waals surface area contributed by atoms with Gasteiger partial charge in [0.1, 0.15) is 27.7 Å². The van der Waals surface area contributed by atoms with Crippen LogP contribution < -0.4 is 26.0 Å². The van der Waals surface area contributed by atoms with Crippen LogP contribution in [0.15, 0.2) is 78.0 Å². The molecule has 13 nitrogen and oxygen atoms in total. The lowest BCUT2D eigenvalue weighted by Gasteiger charge is -2.20. The van der Waals surface area contributed by atoms with Gasteiger partial charge in [-0.1, -0.05) is 6.07 Å². The van der Waals surface area contributed by atoms with Crippen molar-refractivity contribution in [1.82, 2.24) is 20.3 Å². The summed E-state index contributed by atoms with van der Waals surface area (Å²) in [5.41, 5.74) is 1.07. The highest BCUT2D eigenvalue weighted by Crippen LogP contribution is 2.28. The fourth-order valence-corrected chi connectivity index (χ4v) is 4.32. The van der Waals surface area contributed by atoms with E-state index < -0.39 is 21.5 Å². The van der Waals surface area contributed by atoms with Crippen LogP contribution >= 0.6 is 0 Å². The van der Waals surface area contributed by atoms with Gasteiger partial charge in [0.15, 0.2) is 15.7 Å². The molecule has 0 fully saturated rings. The lowest BCUT2D eigenvalue weighted by atomic mass is 10.2. The van der Waals surface area contributed by atoms with E-state index in [4.69, 9.17) is 9.47 Å². The third kappa shape index (κ3) is 8.87. The molecule has 2 heterocycles. The number of nitrogens with zero attached hydrogens (tertiary/aromatic N) is 3. The van der Waals surface area contributed by atoms with Crippen LogP contribution in [0.3, 0.4) is 0 Å². The molecule has 14 heteroatoms. The number of nitrogens with one attached hydrogen (secondary N) is 4. The Bertz CT molecular complexity index is 1740. The first-order valence-electron chi connectivity index (χ1n) is 13.0. The number of aromatic nitrogens is 3. The lowest BCUT2D eigenvalue weighted by Crippen LogP contribution is -2.27. The van der Waals surface area contributed by atoms with Crippen molar-refractivity contribution < 1.29 is 27.5 Å². The van der Waals surface area contributed by atoms with Gasteiger partial charge in [0.25, 0.3) is 5.91 Å². The van der Waals surface area contributed by atoms with Crippen LogP contribution in [-0.4, -0.2) is 54.3 Å². The monoisotopic (exact) mass is 605 g/mol. The highest BCUT2D eigenvalue weighted by atomic mass is 32.2. The van der Waals surface area contributed by atoms with Crippen LogP contribution in [0.2, 0.25) is 0 Å². The molecule has 43 heavy (non-hydrogen) atoms. The summed E-state index contributed by atoms with van der Waals surface area (Å²) in [5, 5.41) is 11.2. The minimum absolute atomic E-state index is 0.0407. The maximum Gasteiger partial charge on any atom is 0.412 e. The zero-order valence-electron chi connectivity index (χ0n) is 24.1. The van der Waals surface area contributed by atoms with Crippen molar-refractivity contribution in [2.45, 2.75) is 31.3 Å². The van der Waals surface area contributed by atoms with Crippen molar-refractivity contribution >= 4 is 50.7 Å². The van der Waals surface area contributed by atoms with Crippen LogP contribution in [0, 0.1) is 0 Å². The summed E-state index contributed by atoms with van der Waals surface area (Å²) in [4.78, 5) is 36.5. The Labute approximate surface area is 249 Å². The molecule has 0 atom stereocenters. The number of rotatable bonds is 9. The molecular formula is C29H31N7O6S. The maximum absolute atomic E-state index is 12.5. The molecule has 0 radical (unpaired) electrons. The van der Waals surface area contributed by atoms with Gasteiger partial charge < -0.3 is 25.4 Å². The van der Waals surface area contributed by atoms with Crippen LogP contribution in [0.5, 0.6) is 11.5 Å². The fraction of sp³-hybridized carbons (Fsp3) is 0.207. The van der Waals surface area contributed by atoms with Gasteiger partial charge in [-0.25, -0.2) is 18.2 Å². The first-order chi connectivity index (χ1) is 20.3. The third-order valence-corrected chi connectivity index (χ3v) is 6.56. The second-order valence-corrected chi connectivity index (χ2v) is 12.2. The highest BCUT2D eigenvalue weighted by Gasteiger charge is 2.19. The average molecular weight is 606 g/mol. The molecule has 0 aliphatic rings. The van der Waals surface area contributed by atoms with Crippen LogP contribution in [-0.2, 0) is 14.6 Å². The summed E-state index contributed by atoms with van der Waals surface area (Å²) in [7, 11) is -2.17. The second kappa shape index (κ2) is 12.7. The number of benzene rings is 2. The molecule has 2 aromatic heterocycles. The van der Waals surface area contributed by atoms with Gasteiger partial charge in [0.2, 0.25) is 5.95 Å². The predicted octanol–water partition coefficient (Wildman–Crippen LogP) is 5.26. The number of hydrogen-bond acceptors (Lipinski definition) is 11. The number of pyridine rings is 1. The molecule has 0 spiro atoms. The van der Waals surface area contributed by atoms with Gasteiger partial charge in [0, 0.05) is 42.6 Å². The molecular weight excluding hydrogens is 574 g/mol. The minimum Gasteiger partial charge on any atom is -0.457 e. The van der Waals surface area contributed by atoms with Gasteiger partial charge in [0.05, 0.1) is 6.20 Å². The topological polar surface area (TPSA) is 174 Å². The van der Waals surface area contributed by atoms with Crippen LogP contribution in [0.1, 0.15) is 31.3 Å². The smallest absolute Gasteiger partial charge is 0.412 e. The first-order valence-corrected chi connectivity index (χ1v) is 14.9. The Morgan fingerprint density at radius 2 is 1.58 bits per heavy atom. The van der Waals surface area contributed by atoms with E-state index in [0.717, 1.165) is 6.26 Å². The van der Waals surface area contributed by atoms with E-state index >= 15 is 0 Å². The van der Waals surface area contributed by atoms with E-state index in [9.17, 15) is 18.0 Å². The summed E-state index contributed by atoms with van der Waals surface area (Å²) in [6.07, 6.45) is 3.12. The Kier molecular flexibility index (Phi) is 9.09. The number of amides is 2. The maximum atomic E-state index is 12.5. The van der Waals surface area contributed by atoms with Crippen molar-refractivity contribution in [1.29, 1.82) is 0 Å².